The number of rotatable bonds is 6. The summed E-state index contributed by atoms with van der Waals surface area (Å²) in [5.41, 5.74) is 5.92. The van der Waals surface area contributed by atoms with Gasteiger partial charge in [-0.1, -0.05) is 26.2 Å². The van der Waals surface area contributed by atoms with Crippen LogP contribution >= 0.6 is 0 Å². The van der Waals surface area contributed by atoms with Crippen LogP contribution in [-0.4, -0.2) is 42.5 Å². The summed E-state index contributed by atoms with van der Waals surface area (Å²) in [5, 5.41) is 3.26. The highest BCUT2D eigenvalue weighted by molar-refractivity contribution is 5.82. The van der Waals surface area contributed by atoms with E-state index in [9.17, 15) is 4.79 Å². The standard InChI is InChI=1S/C16H31N3O/c1-2-10-19-11-6-9-15(19)16(20)18-14(12-17)13-7-4-3-5-8-13/h13-15H,2-12,17H2,1H3,(H,18,20). The third-order valence-electron chi connectivity index (χ3n) is 4.98. The van der Waals surface area contributed by atoms with Gasteiger partial charge < -0.3 is 11.1 Å². The van der Waals surface area contributed by atoms with Gasteiger partial charge in [0.05, 0.1) is 6.04 Å². The molecule has 0 bridgehead atoms. The summed E-state index contributed by atoms with van der Waals surface area (Å²) in [7, 11) is 0. The maximum Gasteiger partial charge on any atom is 0.237 e. The minimum atomic E-state index is 0.0904. The summed E-state index contributed by atoms with van der Waals surface area (Å²) in [6.45, 7) is 4.87. The van der Waals surface area contributed by atoms with Crippen LogP contribution in [0.3, 0.4) is 0 Å². The highest BCUT2D eigenvalue weighted by Crippen LogP contribution is 2.26. The minimum Gasteiger partial charge on any atom is -0.350 e. The molecule has 1 aliphatic heterocycles. The summed E-state index contributed by atoms with van der Waals surface area (Å²) >= 11 is 0. The predicted octanol–water partition coefficient (Wildman–Crippen LogP) is 1.88. The first kappa shape index (κ1) is 15.8. The largest absolute Gasteiger partial charge is 0.350 e. The van der Waals surface area contributed by atoms with Gasteiger partial charge in [0.25, 0.3) is 0 Å². The van der Waals surface area contributed by atoms with E-state index in [0.717, 1.165) is 32.4 Å². The van der Waals surface area contributed by atoms with Crippen molar-refractivity contribution >= 4 is 5.91 Å². The first-order valence-electron chi connectivity index (χ1n) is 8.50. The van der Waals surface area contributed by atoms with Crippen molar-refractivity contribution < 1.29 is 4.79 Å². The molecule has 2 unspecified atom stereocenters. The molecule has 0 aromatic rings. The Labute approximate surface area is 123 Å². The third kappa shape index (κ3) is 3.95. The third-order valence-corrected chi connectivity index (χ3v) is 4.98. The maximum absolute atomic E-state index is 12.5. The molecule has 1 heterocycles. The van der Waals surface area contributed by atoms with Crippen molar-refractivity contribution in [3.8, 4) is 0 Å². The van der Waals surface area contributed by atoms with E-state index < -0.39 is 0 Å². The number of nitrogens with two attached hydrogens (primary N) is 1. The average molecular weight is 281 g/mol. The van der Waals surface area contributed by atoms with Crippen molar-refractivity contribution in [3.05, 3.63) is 0 Å². The Balaban J connectivity index is 1.87. The molecule has 2 atom stereocenters. The quantitative estimate of drug-likeness (QED) is 0.781. The number of nitrogens with zero attached hydrogens (tertiary/aromatic N) is 1. The monoisotopic (exact) mass is 281 g/mol. The van der Waals surface area contributed by atoms with E-state index >= 15 is 0 Å². The zero-order valence-corrected chi connectivity index (χ0v) is 12.9. The summed E-state index contributed by atoms with van der Waals surface area (Å²) in [6.07, 6.45) is 9.66. The van der Waals surface area contributed by atoms with Crippen LogP contribution in [0.1, 0.15) is 58.3 Å². The molecule has 1 aliphatic carbocycles. The minimum absolute atomic E-state index is 0.0904. The predicted molar refractivity (Wildman–Crippen MR) is 82.4 cm³/mol. The molecule has 1 saturated carbocycles. The molecular weight excluding hydrogens is 250 g/mol. The first-order valence-corrected chi connectivity index (χ1v) is 8.50. The molecule has 0 radical (unpaired) electrons. The lowest BCUT2D eigenvalue weighted by Crippen LogP contribution is -2.52. The van der Waals surface area contributed by atoms with Crippen molar-refractivity contribution in [1.29, 1.82) is 0 Å². The molecule has 4 nitrogen and oxygen atoms in total. The number of nitrogens with one attached hydrogen (secondary N) is 1. The van der Waals surface area contributed by atoms with E-state index in [-0.39, 0.29) is 18.0 Å². The summed E-state index contributed by atoms with van der Waals surface area (Å²) in [5.74, 6) is 0.815. The van der Waals surface area contributed by atoms with E-state index in [1.54, 1.807) is 0 Å². The summed E-state index contributed by atoms with van der Waals surface area (Å²) in [6, 6.07) is 0.277. The zero-order valence-electron chi connectivity index (χ0n) is 12.9. The van der Waals surface area contributed by atoms with E-state index in [1.807, 2.05) is 0 Å². The second kappa shape index (κ2) is 7.99. The molecule has 2 aliphatic rings. The molecule has 0 aromatic heterocycles. The topological polar surface area (TPSA) is 58.4 Å². The summed E-state index contributed by atoms with van der Waals surface area (Å²) < 4.78 is 0. The van der Waals surface area contributed by atoms with Crippen LogP contribution in [0.2, 0.25) is 0 Å². The first-order chi connectivity index (χ1) is 9.76. The number of carbonyl (C=O) groups excluding carboxylic acids is 1. The Hall–Kier alpha value is -0.610. The highest BCUT2D eigenvalue weighted by Gasteiger charge is 2.32. The SMILES string of the molecule is CCCN1CCCC1C(=O)NC(CN)C1CCCCC1. The zero-order chi connectivity index (χ0) is 14.4. The van der Waals surface area contributed by atoms with Crippen molar-refractivity contribution in [2.75, 3.05) is 19.6 Å². The number of carbonyl (C=O) groups is 1. The number of likely N-dealkylation sites (tertiary alicyclic amines) is 1. The van der Waals surface area contributed by atoms with E-state index in [2.05, 4.69) is 17.1 Å². The van der Waals surface area contributed by atoms with Gasteiger partial charge in [-0.3, -0.25) is 9.69 Å². The molecule has 1 saturated heterocycles. The van der Waals surface area contributed by atoms with E-state index in [1.165, 1.54) is 32.1 Å². The fraction of sp³-hybridized carbons (Fsp3) is 0.938. The second-order valence-corrected chi connectivity index (χ2v) is 6.44. The van der Waals surface area contributed by atoms with Gasteiger partial charge in [-0.05, 0) is 51.1 Å². The van der Waals surface area contributed by atoms with Crippen LogP contribution in [-0.2, 0) is 4.79 Å². The second-order valence-electron chi connectivity index (χ2n) is 6.44. The van der Waals surface area contributed by atoms with Crippen LogP contribution in [0.15, 0.2) is 0 Å². The molecular formula is C16H31N3O. The van der Waals surface area contributed by atoms with Crippen LogP contribution in [0.4, 0.5) is 0 Å². The lowest BCUT2D eigenvalue weighted by Gasteiger charge is -2.32. The lowest BCUT2D eigenvalue weighted by atomic mass is 9.84. The molecule has 2 rings (SSSR count). The molecule has 0 spiro atoms. The fourth-order valence-corrected chi connectivity index (χ4v) is 3.86. The highest BCUT2D eigenvalue weighted by atomic mass is 16.2. The van der Waals surface area contributed by atoms with Gasteiger partial charge in [0, 0.05) is 12.6 Å². The van der Waals surface area contributed by atoms with Gasteiger partial charge >= 0.3 is 0 Å². The molecule has 1 amide bonds. The lowest BCUT2D eigenvalue weighted by molar-refractivity contribution is -0.126. The van der Waals surface area contributed by atoms with Crippen LogP contribution < -0.4 is 11.1 Å². The molecule has 20 heavy (non-hydrogen) atoms. The van der Waals surface area contributed by atoms with Crippen LogP contribution in [0.5, 0.6) is 0 Å². The van der Waals surface area contributed by atoms with Gasteiger partial charge in [-0.15, -0.1) is 0 Å². The van der Waals surface area contributed by atoms with E-state index in [0.29, 0.717) is 12.5 Å². The Bertz CT molecular complexity index is 302. The smallest absolute Gasteiger partial charge is 0.237 e. The van der Waals surface area contributed by atoms with Gasteiger partial charge in [0.1, 0.15) is 0 Å². The molecule has 116 valence electrons. The van der Waals surface area contributed by atoms with Crippen LogP contribution in [0.25, 0.3) is 0 Å². The van der Waals surface area contributed by atoms with E-state index in [4.69, 9.17) is 5.73 Å². The van der Waals surface area contributed by atoms with Crippen molar-refractivity contribution in [2.24, 2.45) is 11.7 Å². The van der Waals surface area contributed by atoms with Crippen molar-refractivity contribution in [1.82, 2.24) is 10.2 Å². The molecule has 3 N–H and O–H groups in total. The average Bonchev–Trinajstić information content (AvgIpc) is 2.94. The van der Waals surface area contributed by atoms with Gasteiger partial charge in [0.2, 0.25) is 5.91 Å². The van der Waals surface area contributed by atoms with Crippen molar-refractivity contribution in [2.45, 2.75) is 70.4 Å². The van der Waals surface area contributed by atoms with Gasteiger partial charge in [-0.2, -0.15) is 0 Å². The Morgan fingerprint density at radius 2 is 2.00 bits per heavy atom. The Morgan fingerprint density at radius 1 is 1.25 bits per heavy atom. The Morgan fingerprint density at radius 3 is 2.65 bits per heavy atom. The number of amides is 1. The molecule has 0 aromatic carbocycles. The van der Waals surface area contributed by atoms with Gasteiger partial charge in [0.15, 0.2) is 0 Å². The summed E-state index contributed by atoms with van der Waals surface area (Å²) in [4.78, 5) is 14.9. The normalized spacial score (nSPS) is 26.6. The van der Waals surface area contributed by atoms with Gasteiger partial charge in [-0.25, -0.2) is 0 Å². The Kier molecular flexibility index (Phi) is 6.30. The maximum atomic E-state index is 12.5. The van der Waals surface area contributed by atoms with Crippen LogP contribution in [0, 0.1) is 5.92 Å². The fourth-order valence-electron chi connectivity index (χ4n) is 3.86. The number of hydrogen-bond donors (Lipinski definition) is 2. The van der Waals surface area contributed by atoms with Crippen molar-refractivity contribution in [3.63, 3.8) is 0 Å². The number of hydrogen-bond acceptors (Lipinski definition) is 3. The molecule has 2 fully saturated rings. The molecule has 4 heteroatoms.